The van der Waals surface area contributed by atoms with E-state index in [0.717, 1.165) is 9.65 Å². The Morgan fingerprint density at radius 3 is 2.30 bits per heavy atom. The quantitative estimate of drug-likeness (QED) is 0.606. The molecule has 0 fully saturated rings. The molecule has 4 heteroatoms. The Kier molecular flexibility index (Phi) is 2.11. The van der Waals surface area contributed by atoms with Crippen molar-refractivity contribution in [2.45, 2.75) is 13.8 Å². The van der Waals surface area contributed by atoms with Gasteiger partial charge in [0.05, 0.1) is 5.69 Å². The summed E-state index contributed by atoms with van der Waals surface area (Å²) >= 11 is 6.59. The average molecular weight is 175 g/mol. The minimum atomic E-state index is 0.775. The van der Waals surface area contributed by atoms with Gasteiger partial charge in [0.25, 0.3) is 0 Å². The Bertz CT molecular complexity index is 286. The molecule has 0 saturated carbocycles. The highest BCUT2D eigenvalue weighted by Gasteiger charge is 2.02. The van der Waals surface area contributed by atoms with Gasteiger partial charge in [0.1, 0.15) is 7.11 Å². The Morgan fingerprint density at radius 2 is 2.10 bits per heavy atom. The second-order valence-electron chi connectivity index (χ2n) is 1.99. The average Bonchev–Trinajstić information content (AvgIpc) is 2.09. The van der Waals surface area contributed by atoms with E-state index in [-0.39, 0.29) is 0 Å². The van der Waals surface area contributed by atoms with E-state index in [1.807, 2.05) is 13.8 Å². The van der Waals surface area contributed by atoms with Crippen molar-refractivity contribution in [3.05, 3.63) is 14.5 Å². The third-order valence-electron chi connectivity index (χ3n) is 1.40. The van der Waals surface area contributed by atoms with Gasteiger partial charge in [-0.2, -0.15) is 4.73 Å². The van der Waals surface area contributed by atoms with Gasteiger partial charge >= 0.3 is 0 Å². The molecule has 1 rings (SSSR count). The lowest BCUT2D eigenvalue weighted by Crippen LogP contribution is -2.06. The van der Waals surface area contributed by atoms with Crippen molar-refractivity contribution >= 4 is 23.6 Å². The van der Waals surface area contributed by atoms with Crippen LogP contribution in [-0.4, -0.2) is 11.8 Å². The maximum absolute atomic E-state index is 5.02. The van der Waals surface area contributed by atoms with E-state index in [1.165, 1.54) is 4.88 Å². The molecule has 1 aromatic rings. The van der Waals surface area contributed by atoms with E-state index in [1.54, 1.807) is 23.2 Å². The highest BCUT2D eigenvalue weighted by atomic mass is 32.1. The lowest BCUT2D eigenvalue weighted by molar-refractivity contribution is 0.160. The first kappa shape index (κ1) is 7.75. The SMILES string of the molecule is COn1c(C)c(C)sc1=S. The van der Waals surface area contributed by atoms with Crippen LogP contribution < -0.4 is 4.84 Å². The lowest BCUT2D eigenvalue weighted by atomic mass is 10.4. The molecule has 0 aliphatic carbocycles. The zero-order chi connectivity index (χ0) is 7.72. The lowest BCUT2D eigenvalue weighted by Gasteiger charge is -2.00. The van der Waals surface area contributed by atoms with Crippen LogP contribution in [0.1, 0.15) is 10.6 Å². The second-order valence-corrected chi connectivity index (χ2v) is 3.83. The molecule has 56 valence electrons. The Hall–Kier alpha value is -0.350. The van der Waals surface area contributed by atoms with Crippen molar-refractivity contribution in [3.63, 3.8) is 0 Å². The summed E-state index contributed by atoms with van der Waals surface area (Å²) in [6.07, 6.45) is 0. The van der Waals surface area contributed by atoms with Crippen molar-refractivity contribution in [2.75, 3.05) is 7.11 Å². The van der Waals surface area contributed by atoms with Crippen LogP contribution in [0, 0.1) is 17.8 Å². The molecule has 0 aromatic carbocycles. The largest absolute Gasteiger partial charge is 0.415 e. The molecule has 0 spiro atoms. The number of hydrogen-bond acceptors (Lipinski definition) is 3. The fraction of sp³-hybridized carbons (Fsp3) is 0.500. The van der Waals surface area contributed by atoms with E-state index in [0.29, 0.717) is 0 Å². The predicted octanol–water partition coefficient (Wildman–Crippen LogP) is 1.95. The first-order valence-electron chi connectivity index (χ1n) is 2.90. The van der Waals surface area contributed by atoms with Crippen LogP contribution in [0.25, 0.3) is 0 Å². The van der Waals surface area contributed by atoms with Crippen molar-refractivity contribution in [1.82, 2.24) is 4.73 Å². The highest BCUT2D eigenvalue weighted by molar-refractivity contribution is 7.73. The number of nitrogens with zero attached hydrogens (tertiary/aromatic N) is 1. The number of aromatic nitrogens is 1. The maximum Gasteiger partial charge on any atom is 0.196 e. The van der Waals surface area contributed by atoms with Gasteiger partial charge in [0.15, 0.2) is 3.95 Å². The molecule has 0 saturated heterocycles. The molecule has 0 bridgehead atoms. The van der Waals surface area contributed by atoms with E-state index in [9.17, 15) is 0 Å². The van der Waals surface area contributed by atoms with Gasteiger partial charge in [-0.15, -0.1) is 11.3 Å². The van der Waals surface area contributed by atoms with Crippen LogP contribution >= 0.6 is 23.6 Å². The molecule has 0 aliphatic rings. The molecule has 10 heavy (non-hydrogen) atoms. The molecule has 1 heterocycles. The summed E-state index contributed by atoms with van der Waals surface area (Å²) in [5.41, 5.74) is 1.09. The predicted molar refractivity (Wildman–Crippen MR) is 45.1 cm³/mol. The molecule has 0 N–H and O–H groups in total. The van der Waals surface area contributed by atoms with E-state index < -0.39 is 0 Å². The molecule has 0 amide bonds. The van der Waals surface area contributed by atoms with Gasteiger partial charge < -0.3 is 4.84 Å². The summed E-state index contributed by atoms with van der Waals surface area (Å²) in [4.78, 5) is 6.23. The smallest absolute Gasteiger partial charge is 0.196 e. The van der Waals surface area contributed by atoms with E-state index >= 15 is 0 Å². The van der Waals surface area contributed by atoms with Gasteiger partial charge in [-0.1, -0.05) is 0 Å². The zero-order valence-electron chi connectivity index (χ0n) is 6.17. The Balaban J connectivity index is 3.34. The number of hydrogen-bond donors (Lipinski definition) is 0. The van der Waals surface area contributed by atoms with Crippen molar-refractivity contribution in [2.24, 2.45) is 0 Å². The van der Waals surface area contributed by atoms with Gasteiger partial charge in [-0.05, 0) is 26.1 Å². The van der Waals surface area contributed by atoms with Crippen LogP contribution in [0.3, 0.4) is 0 Å². The minimum absolute atomic E-state index is 0.775. The monoisotopic (exact) mass is 175 g/mol. The topological polar surface area (TPSA) is 14.2 Å². The third-order valence-corrected chi connectivity index (χ3v) is 2.76. The molecule has 2 nitrogen and oxygen atoms in total. The van der Waals surface area contributed by atoms with Crippen LogP contribution in [-0.2, 0) is 0 Å². The minimum Gasteiger partial charge on any atom is -0.415 e. The maximum atomic E-state index is 5.02. The fourth-order valence-corrected chi connectivity index (χ4v) is 2.11. The van der Waals surface area contributed by atoms with Gasteiger partial charge in [-0.25, -0.2) is 0 Å². The highest BCUT2D eigenvalue weighted by Crippen LogP contribution is 2.15. The van der Waals surface area contributed by atoms with Gasteiger partial charge in [0.2, 0.25) is 0 Å². The molecular formula is C6H9NOS2. The Labute approximate surface area is 69.0 Å². The number of thiazole rings is 1. The third kappa shape index (κ3) is 1.09. The van der Waals surface area contributed by atoms with E-state index in [4.69, 9.17) is 17.1 Å². The first-order chi connectivity index (χ1) is 4.66. The summed E-state index contributed by atoms with van der Waals surface area (Å²) in [5, 5.41) is 0. The molecule has 0 atom stereocenters. The number of rotatable bonds is 1. The van der Waals surface area contributed by atoms with Crippen LogP contribution in [0.4, 0.5) is 0 Å². The van der Waals surface area contributed by atoms with E-state index in [2.05, 4.69) is 0 Å². The summed E-state index contributed by atoms with van der Waals surface area (Å²) in [6, 6.07) is 0. The van der Waals surface area contributed by atoms with Gasteiger partial charge in [0, 0.05) is 4.88 Å². The van der Waals surface area contributed by atoms with Crippen LogP contribution in [0.2, 0.25) is 0 Å². The van der Waals surface area contributed by atoms with Crippen molar-refractivity contribution in [3.8, 4) is 0 Å². The standard InChI is InChI=1S/C6H9NOS2/c1-4-5(2)10-6(9)7(4)8-3/h1-3H3. The molecule has 0 unspecified atom stereocenters. The van der Waals surface area contributed by atoms with Crippen LogP contribution in [0.15, 0.2) is 0 Å². The summed E-state index contributed by atoms with van der Waals surface area (Å²) in [7, 11) is 1.62. The molecule has 0 aliphatic heterocycles. The summed E-state index contributed by atoms with van der Waals surface area (Å²) < 4.78 is 2.44. The van der Waals surface area contributed by atoms with Crippen molar-refractivity contribution in [1.29, 1.82) is 0 Å². The normalized spacial score (nSPS) is 9.90. The molecule has 0 radical (unpaired) electrons. The van der Waals surface area contributed by atoms with Crippen LogP contribution in [0.5, 0.6) is 0 Å². The summed E-state index contributed by atoms with van der Waals surface area (Å²) in [5.74, 6) is 0. The second kappa shape index (κ2) is 2.72. The fourth-order valence-electron chi connectivity index (χ4n) is 0.738. The zero-order valence-corrected chi connectivity index (χ0v) is 7.80. The summed E-state index contributed by atoms with van der Waals surface area (Å²) in [6.45, 7) is 4.02. The Morgan fingerprint density at radius 1 is 1.50 bits per heavy atom. The number of aryl methyl sites for hydroxylation is 1. The first-order valence-corrected chi connectivity index (χ1v) is 4.13. The van der Waals surface area contributed by atoms with Crippen molar-refractivity contribution < 1.29 is 4.84 Å². The molecular weight excluding hydrogens is 166 g/mol. The molecule has 1 aromatic heterocycles. The van der Waals surface area contributed by atoms with Gasteiger partial charge in [-0.3, -0.25) is 0 Å².